The molecule has 0 aromatic heterocycles. The minimum atomic E-state index is -0.625. The van der Waals surface area contributed by atoms with E-state index in [-0.39, 0.29) is 18.1 Å². The molecular formula is C22H26BrNO6. The molecular weight excluding hydrogens is 454 g/mol. The molecule has 0 spiro atoms. The Morgan fingerprint density at radius 3 is 2.30 bits per heavy atom. The first-order valence-corrected chi connectivity index (χ1v) is 10.3. The monoisotopic (exact) mass is 479 g/mol. The summed E-state index contributed by atoms with van der Waals surface area (Å²) in [6.45, 7) is 4.85. The predicted octanol–water partition coefficient (Wildman–Crippen LogP) is 4.07. The van der Waals surface area contributed by atoms with Crippen LogP contribution in [0.25, 0.3) is 0 Å². The predicted molar refractivity (Wildman–Crippen MR) is 116 cm³/mol. The average Bonchev–Trinajstić information content (AvgIpc) is 2.74. The highest BCUT2D eigenvalue weighted by Crippen LogP contribution is 2.36. The maximum absolute atomic E-state index is 12.4. The number of halogens is 1. The number of ether oxygens (including phenoxy) is 4. The van der Waals surface area contributed by atoms with Gasteiger partial charge in [0.05, 0.1) is 30.4 Å². The van der Waals surface area contributed by atoms with Gasteiger partial charge in [0.2, 0.25) is 0 Å². The van der Waals surface area contributed by atoms with Crippen molar-refractivity contribution in [3.8, 4) is 17.2 Å². The number of carbonyl (C=O) groups excluding carboxylic acids is 2. The summed E-state index contributed by atoms with van der Waals surface area (Å²) in [5.41, 5.74) is 1.20. The third-order valence-corrected chi connectivity index (χ3v) is 4.75. The number of benzene rings is 2. The molecule has 0 N–H and O–H groups in total. The molecule has 8 heteroatoms. The molecule has 0 fully saturated rings. The number of rotatable bonds is 10. The second-order valence-corrected chi connectivity index (χ2v) is 7.18. The zero-order chi connectivity index (χ0) is 22.1. The van der Waals surface area contributed by atoms with Crippen LogP contribution in [0, 0.1) is 0 Å². The first-order chi connectivity index (χ1) is 14.4. The lowest BCUT2D eigenvalue weighted by Gasteiger charge is -2.18. The van der Waals surface area contributed by atoms with E-state index in [4.69, 9.17) is 18.9 Å². The summed E-state index contributed by atoms with van der Waals surface area (Å²) >= 11 is 3.37. The summed E-state index contributed by atoms with van der Waals surface area (Å²) < 4.78 is 21.9. The van der Waals surface area contributed by atoms with Crippen molar-refractivity contribution in [2.45, 2.75) is 20.4 Å². The topological polar surface area (TPSA) is 74.3 Å². The molecule has 0 bridgehead atoms. The van der Waals surface area contributed by atoms with Crippen molar-refractivity contribution in [2.24, 2.45) is 0 Å². The molecule has 0 unspecified atom stereocenters. The number of hydrogen-bond donors (Lipinski definition) is 0. The second kappa shape index (κ2) is 11.4. The van der Waals surface area contributed by atoms with Crippen LogP contribution in [0.2, 0.25) is 0 Å². The van der Waals surface area contributed by atoms with Crippen LogP contribution in [-0.4, -0.2) is 50.8 Å². The Labute approximate surface area is 185 Å². The summed E-state index contributed by atoms with van der Waals surface area (Å²) in [6.07, 6.45) is 0. The Bertz CT molecular complexity index is 869. The van der Waals surface area contributed by atoms with Gasteiger partial charge in [-0.05, 0) is 59.6 Å². The van der Waals surface area contributed by atoms with Crippen LogP contribution >= 0.6 is 15.9 Å². The molecule has 0 saturated carbocycles. The third-order valence-electron chi connectivity index (χ3n) is 4.16. The summed E-state index contributed by atoms with van der Waals surface area (Å²) in [5, 5.41) is 0. The van der Waals surface area contributed by atoms with Crippen LogP contribution in [0.4, 0.5) is 0 Å². The lowest BCUT2D eigenvalue weighted by Crippen LogP contribution is -2.30. The molecule has 30 heavy (non-hydrogen) atoms. The maximum atomic E-state index is 12.4. The van der Waals surface area contributed by atoms with Crippen LogP contribution < -0.4 is 14.2 Å². The molecule has 0 heterocycles. The van der Waals surface area contributed by atoms with Crippen molar-refractivity contribution in [2.75, 3.05) is 34.0 Å². The molecule has 2 aromatic rings. The normalized spacial score (nSPS) is 10.3. The number of hydrogen-bond acceptors (Lipinski definition) is 6. The highest BCUT2D eigenvalue weighted by molar-refractivity contribution is 9.10. The van der Waals surface area contributed by atoms with E-state index in [1.807, 2.05) is 38.1 Å². The zero-order valence-electron chi connectivity index (χ0n) is 17.6. The molecule has 162 valence electrons. The van der Waals surface area contributed by atoms with Gasteiger partial charge in [-0.2, -0.15) is 0 Å². The van der Waals surface area contributed by atoms with Crippen LogP contribution in [0.3, 0.4) is 0 Å². The molecule has 0 aliphatic rings. The largest absolute Gasteiger partial charge is 0.494 e. The summed E-state index contributed by atoms with van der Waals surface area (Å²) in [6, 6.07) is 10.6. The molecule has 2 rings (SSSR count). The second-order valence-electron chi connectivity index (χ2n) is 6.33. The Morgan fingerprint density at radius 2 is 1.70 bits per heavy atom. The Balaban J connectivity index is 1.94. The molecule has 2 aromatic carbocycles. The van der Waals surface area contributed by atoms with Gasteiger partial charge in [-0.25, -0.2) is 4.79 Å². The Kier molecular flexibility index (Phi) is 8.98. The lowest BCUT2D eigenvalue weighted by molar-refractivity contribution is -0.133. The number of esters is 1. The van der Waals surface area contributed by atoms with Gasteiger partial charge in [0.15, 0.2) is 18.1 Å². The standard InChI is InChI=1S/C22H26BrNO6/c1-5-28-17-9-7-15(8-10-17)13-24(3)20(25)14-30-22(26)16-11-18(23)21(29-6-2)19(12-16)27-4/h7-12H,5-6,13-14H2,1-4H3. The fourth-order valence-electron chi connectivity index (χ4n) is 2.66. The molecule has 7 nitrogen and oxygen atoms in total. The molecule has 0 aliphatic heterocycles. The SMILES string of the molecule is CCOc1ccc(CN(C)C(=O)COC(=O)c2cc(Br)c(OCC)c(OC)c2)cc1. The van der Waals surface area contributed by atoms with E-state index in [1.165, 1.54) is 18.1 Å². The summed E-state index contributed by atoms with van der Waals surface area (Å²) in [5.74, 6) is 0.745. The minimum Gasteiger partial charge on any atom is -0.494 e. The van der Waals surface area contributed by atoms with Gasteiger partial charge in [0, 0.05) is 13.6 Å². The Morgan fingerprint density at radius 1 is 1.03 bits per heavy atom. The van der Waals surface area contributed by atoms with Gasteiger partial charge in [-0.15, -0.1) is 0 Å². The average molecular weight is 480 g/mol. The molecule has 0 atom stereocenters. The first kappa shape index (κ1) is 23.5. The van der Waals surface area contributed by atoms with Crippen molar-refractivity contribution >= 4 is 27.8 Å². The fraction of sp³-hybridized carbons (Fsp3) is 0.364. The third kappa shape index (κ3) is 6.38. The number of carbonyl (C=O) groups is 2. The van der Waals surface area contributed by atoms with E-state index in [9.17, 15) is 9.59 Å². The number of methoxy groups -OCH3 is 1. The smallest absolute Gasteiger partial charge is 0.338 e. The van der Waals surface area contributed by atoms with Crippen molar-refractivity contribution in [1.29, 1.82) is 0 Å². The first-order valence-electron chi connectivity index (χ1n) is 9.52. The van der Waals surface area contributed by atoms with Gasteiger partial charge in [-0.3, -0.25) is 4.79 Å². The van der Waals surface area contributed by atoms with E-state index in [2.05, 4.69) is 15.9 Å². The lowest BCUT2D eigenvalue weighted by atomic mass is 10.2. The number of nitrogens with zero attached hydrogens (tertiary/aromatic N) is 1. The van der Waals surface area contributed by atoms with Gasteiger partial charge in [0.25, 0.3) is 5.91 Å². The van der Waals surface area contributed by atoms with Crippen LogP contribution in [-0.2, 0) is 16.1 Å². The van der Waals surface area contributed by atoms with E-state index < -0.39 is 5.97 Å². The Hall–Kier alpha value is -2.74. The quantitative estimate of drug-likeness (QED) is 0.478. The van der Waals surface area contributed by atoms with Crippen LogP contribution in [0.5, 0.6) is 17.2 Å². The molecule has 1 amide bonds. The van der Waals surface area contributed by atoms with Gasteiger partial charge in [0.1, 0.15) is 5.75 Å². The molecule has 0 radical (unpaired) electrons. The van der Waals surface area contributed by atoms with E-state index in [0.717, 1.165) is 11.3 Å². The van der Waals surface area contributed by atoms with Gasteiger partial charge >= 0.3 is 5.97 Å². The molecule has 0 aliphatic carbocycles. The highest BCUT2D eigenvalue weighted by Gasteiger charge is 2.18. The van der Waals surface area contributed by atoms with Gasteiger partial charge < -0.3 is 23.8 Å². The van der Waals surface area contributed by atoms with Crippen LogP contribution in [0.15, 0.2) is 40.9 Å². The van der Waals surface area contributed by atoms with E-state index in [0.29, 0.717) is 35.7 Å². The maximum Gasteiger partial charge on any atom is 0.338 e. The van der Waals surface area contributed by atoms with Crippen molar-refractivity contribution in [3.05, 3.63) is 52.0 Å². The van der Waals surface area contributed by atoms with Crippen molar-refractivity contribution < 1.29 is 28.5 Å². The number of amides is 1. The summed E-state index contributed by atoms with van der Waals surface area (Å²) in [4.78, 5) is 26.2. The van der Waals surface area contributed by atoms with Crippen LogP contribution in [0.1, 0.15) is 29.8 Å². The van der Waals surface area contributed by atoms with E-state index in [1.54, 1.807) is 13.1 Å². The fourth-order valence-corrected chi connectivity index (χ4v) is 3.22. The highest BCUT2D eigenvalue weighted by atomic mass is 79.9. The van der Waals surface area contributed by atoms with Crippen molar-refractivity contribution in [3.63, 3.8) is 0 Å². The number of likely N-dealkylation sites (N-methyl/N-ethyl adjacent to an activating group) is 1. The summed E-state index contributed by atoms with van der Waals surface area (Å²) in [7, 11) is 3.14. The minimum absolute atomic E-state index is 0.254. The molecule has 0 saturated heterocycles. The zero-order valence-corrected chi connectivity index (χ0v) is 19.2. The van der Waals surface area contributed by atoms with Crippen molar-refractivity contribution in [1.82, 2.24) is 4.90 Å². The van der Waals surface area contributed by atoms with E-state index >= 15 is 0 Å². The van der Waals surface area contributed by atoms with Gasteiger partial charge in [-0.1, -0.05) is 12.1 Å².